The van der Waals surface area contributed by atoms with Crippen LogP contribution >= 0.6 is 0 Å². The molecule has 10 nitrogen and oxygen atoms in total. The Bertz CT molecular complexity index is 1610. The Hall–Kier alpha value is -4.47. The van der Waals surface area contributed by atoms with Crippen molar-refractivity contribution in [3.63, 3.8) is 0 Å². The molecule has 6 rings (SSSR count). The number of aromatic nitrogens is 5. The number of anilines is 1. The first kappa shape index (κ1) is 23.0. The van der Waals surface area contributed by atoms with Gasteiger partial charge in [0.15, 0.2) is 0 Å². The van der Waals surface area contributed by atoms with Crippen LogP contribution in [0.2, 0.25) is 0 Å². The molecule has 37 heavy (non-hydrogen) atoms. The number of nitrogens with one attached hydrogen (secondary N) is 1. The molecular weight excluding hydrogens is 470 g/mol. The minimum absolute atomic E-state index is 0.00586. The highest BCUT2D eigenvalue weighted by molar-refractivity contribution is 6.00. The Morgan fingerprint density at radius 2 is 1.97 bits per heavy atom. The van der Waals surface area contributed by atoms with Crippen molar-refractivity contribution in [3.05, 3.63) is 60.4 Å². The summed E-state index contributed by atoms with van der Waals surface area (Å²) in [5.74, 6) is 2.40. The Labute approximate surface area is 213 Å². The summed E-state index contributed by atoms with van der Waals surface area (Å²) in [6.07, 6.45) is 4.42. The molecule has 0 fully saturated rings. The summed E-state index contributed by atoms with van der Waals surface area (Å²) in [6, 6.07) is 11.8. The molecule has 5 heterocycles. The first-order valence-electron chi connectivity index (χ1n) is 12.5. The number of pyridine rings is 2. The number of ether oxygens (including phenoxy) is 1. The maximum absolute atomic E-state index is 13.3. The highest BCUT2D eigenvalue weighted by Gasteiger charge is 2.27. The predicted molar refractivity (Wildman–Crippen MR) is 140 cm³/mol. The minimum atomic E-state index is 0.00586. The van der Waals surface area contributed by atoms with Gasteiger partial charge in [-0.15, -0.1) is 0 Å². The molecule has 0 bridgehead atoms. The molecule has 0 radical (unpaired) electrons. The zero-order chi connectivity index (χ0) is 25.4. The molecule has 1 aromatic carbocycles. The van der Waals surface area contributed by atoms with Gasteiger partial charge in [0.1, 0.15) is 11.5 Å². The van der Waals surface area contributed by atoms with Crippen molar-refractivity contribution in [2.24, 2.45) is 0 Å². The molecule has 1 aliphatic rings. The number of carbonyl (C=O) groups is 1. The first-order valence-corrected chi connectivity index (χ1v) is 12.5. The highest BCUT2D eigenvalue weighted by atomic mass is 16.5. The van der Waals surface area contributed by atoms with E-state index in [0.29, 0.717) is 49.5 Å². The van der Waals surface area contributed by atoms with Crippen LogP contribution in [0, 0.1) is 6.92 Å². The molecule has 1 N–H and O–H groups in total. The lowest BCUT2D eigenvalue weighted by Gasteiger charge is -2.29. The Kier molecular flexibility index (Phi) is 5.91. The number of hydrogen-bond donors (Lipinski definition) is 1. The van der Waals surface area contributed by atoms with Gasteiger partial charge < -0.3 is 24.0 Å². The monoisotopic (exact) mass is 497 g/mol. The van der Waals surface area contributed by atoms with Crippen LogP contribution in [-0.4, -0.2) is 61.7 Å². The van der Waals surface area contributed by atoms with E-state index in [1.807, 2.05) is 41.3 Å². The van der Waals surface area contributed by atoms with E-state index >= 15 is 0 Å². The largest absolute Gasteiger partial charge is 0.477 e. The fraction of sp³-hybridized carbons (Fsp3) is 0.296. The van der Waals surface area contributed by atoms with Gasteiger partial charge in [-0.05, 0) is 36.1 Å². The SMILES string of the molecule is CCCOc1nccc2c1cc1n2CCN(CCNc2nccc3ccc(-c4noc(C)n4)cc23)C1=O. The second-order valence-electron chi connectivity index (χ2n) is 9.03. The van der Waals surface area contributed by atoms with Gasteiger partial charge in [-0.1, -0.05) is 24.2 Å². The molecule has 188 valence electrons. The molecule has 5 aromatic rings. The third kappa shape index (κ3) is 4.24. The maximum atomic E-state index is 13.3. The number of aryl methyl sites for hydroxylation is 1. The average molecular weight is 498 g/mol. The molecule has 1 aliphatic heterocycles. The third-order valence-electron chi connectivity index (χ3n) is 6.56. The summed E-state index contributed by atoms with van der Waals surface area (Å²) in [5.41, 5.74) is 2.50. The van der Waals surface area contributed by atoms with Crippen molar-refractivity contribution < 1.29 is 14.1 Å². The van der Waals surface area contributed by atoms with Gasteiger partial charge in [-0.2, -0.15) is 4.98 Å². The van der Waals surface area contributed by atoms with Gasteiger partial charge in [0.25, 0.3) is 5.91 Å². The summed E-state index contributed by atoms with van der Waals surface area (Å²) in [7, 11) is 0. The second-order valence-corrected chi connectivity index (χ2v) is 9.03. The fourth-order valence-corrected chi connectivity index (χ4v) is 4.76. The lowest BCUT2D eigenvalue weighted by Crippen LogP contribution is -2.42. The van der Waals surface area contributed by atoms with Crippen LogP contribution in [0.5, 0.6) is 5.88 Å². The van der Waals surface area contributed by atoms with E-state index in [1.54, 1.807) is 19.3 Å². The van der Waals surface area contributed by atoms with Crippen LogP contribution in [-0.2, 0) is 6.54 Å². The molecule has 10 heteroatoms. The number of fused-ring (bicyclic) bond motifs is 4. The predicted octanol–water partition coefficient (Wildman–Crippen LogP) is 4.30. The quantitative estimate of drug-likeness (QED) is 0.338. The van der Waals surface area contributed by atoms with Crippen molar-refractivity contribution >= 4 is 33.4 Å². The molecule has 1 amide bonds. The summed E-state index contributed by atoms with van der Waals surface area (Å²) >= 11 is 0. The van der Waals surface area contributed by atoms with Gasteiger partial charge >= 0.3 is 0 Å². The van der Waals surface area contributed by atoms with Crippen LogP contribution in [0.3, 0.4) is 0 Å². The van der Waals surface area contributed by atoms with Gasteiger partial charge in [0.2, 0.25) is 17.6 Å². The number of carbonyl (C=O) groups excluding carboxylic acids is 1. The first-order chi connectivity index (χ1) is 18.1. The Morgan fingerprint density at radius 3 is 2.81 bits per heavy atom. The van der Waals surface area contributed by atoms with E-state index in [-0.39, 0.29) is 5.91 Å². The van der Waals surface area contributed by atoms with Crippen molar-refractivity contribution in [2.75, 3.05) is 31.6 Å². The summed E-state index contributed by atoms with van der Waals surface area (Å²) < 4.78 is 13.0. The van der Waals surface area contributed by atoms with E-state index in [2.05, 4.69) is 36.9 Å². The van der Waals surface area contributed by atoms with Crippen molar-refractivity contribution in [1.82, 2.24) is 29.6 Å². The van der Waals surface area contributed by atoms with Gasteiger partial charge in [-0.3, -0.25) is 4.79 Å². The zero-order valence-electron chi connectivity index (χ0n) is 20.8. The Balaban J connectivity index is 1.18. The lowest BCUT2D eigenvalue weighted by molar-refractivity contribution is 0.0714. The number of amides is 1. The van der Waals surface area contributed by atoms with Crippen LogP contribution in [0.4, 0.5) is 5.82 Å². The van der Waals surface area contributed by atoms with Crippen molar-refractivity contribution in [2.45, 2.75) is 26.8 Å². The van der Waals surface area contributed by atoms with Crippen LogP contribution in [0.15, 0.2) is 53.3 Å². The van der Waals surface area contributed by atoms with Crippen molar-refractivity contribution in [1.29, 1.82) is 0 Å². The lowest BCUT2D eigenvalue weighted by atomic mass is 10.1. The van der Waals surface area contributed by atoms with E-state index < -0.39 is 0 Å². The molecule has 0 atom stereocenters. The Morgan fingerprint density at radius 1 is 1.08 bits per heavy atom. The number of hydrogen-bond acceptors (Lipinski definition) is 8. The molecule has 0 saturated carbocycles. The summed E-state index contributed by atoms with van der Waals surface area (Å²) in [5, 5.41) is 10.3. The highest BCUT2D eigenvalue weighted by Crippen LogP contribution is 2.30. The molecule has 0 aliphatic carbocycles. The molecule has 0 saturated heterocycles. The normalized spacial score (nSPS) is 13.4. The zero-order valence-corrected chi connectivity index (χ0v) is 20.8. The number of nitrogens with zero attached hydrogens (tertiary/aromatic N) is 6. The summed E-state index contributed by atoms with van der Waals surface area (Å²) in [4.78, 5) is 28.5. The van der Waals surface area contributed by atoms with Crippen LogP contribution in [0.1, 0.15) is 29.7 Å². The smallest absolute Gasteiger partial charge is 0.270 e. The molecule has 4 aromatic heterocycles. The second kappa shape index (κ2) is 9.53. The van der Waals surface area contributed by atoms with E-state index in [4.69, 9.17) is 9.26 Å². The number of rotatable bonds is 8. The maximum Gasteiger partial charge on any atom is 0.270 e. The fourth-order valence-electron chi connectivity index (χ4n) is 4.76. The van der Waals surface area contributed by atoms with E-state index in [0.717, 1.165) is 46.0 Å². The standard InChI is InChI=1S/C27H27N7O3/c1-3-14-36-26-21-16-23-27(35)33(12-13-34(23)22(21)7-9-30-26)11-10-29-25-20-15-19(24-31-17(2)37-32-24)5-4-18(20)6-8-28-25/h4-9,15-16H,3,10-14H2,1-2H3,(H,28,29). The van der Waals surface area contributed by atoms with Crippen LogP contribution < -0.4 is 10.1 Å². The van der Waals surface area contributed by atoms with Gasteiger partial charge in [0.05, 0.1) is 17.5 Å². The van der Waals surface area contributed by atoms with E-state index in [9.17, 15) is 4.79 Å². The summed E-state index contributed by atoms with van der Waals surface area (Å²) in [6.45, 7) is 6.90. The molecule has 0 unspecified atom stereocenters. The van der Waals surface area contributed by atoms with Gasteiger partial charge in [-0.25, -0.2) is 9.97 Å². The minimum Gasteiger partial charge on any atom is -0.477 e. The number of benzene rings is 1. The molecular formula is C27H27N7O3. The topological polar surface area (TPSA) is 111 Å². The third-order valence-corrected chi connectivity index (χ3v) is 6.56. The van der Waals surface area contributed by atoms with E-state index in [1.165, 1.54) is 0 Å². The molecule has 0 spiro atoms. The van der Waals surface area contributed by atoms with Crippen molar-refractivity contribution in [3.8, 4) is 17.3 Å². The van der Waals surface area contributed by atoms with Gasteiger partial charge in [0, 0.05) is 56.4 Å². The average Bonchev–Trinajstić information content (AvgIpc) is 3.53. The van der Waals surface area contributed by atoms with Crippen LogP contribution in [0.25, 0.3) is 33.1 Å².